The Bertz CT molecular complexity index is 1040. The summed E-state index contributed by atoms with van der Waals surface area (Å²) in [7, 11) is 0. The molecule has 1 N–H and O–H groups in total. The fourth-order valence-corrected chi connectivity index (χ4v) is 5.22. The molecule has 156 valence electrons. The van der Waals surface area contributed by atoms with Gasteiger partial charge in [0, 0.05) is 60.6 Å². The van der Waals surface area contributed by atoms with Crippen LogP contribution in [-0.4, -0.2) is 56.6 Å². The van der Waals surface area contributed by atoms with E-state index in [1.54, 1.807) is 0 Å². The minimum Gasteiger partial charge on any atom is -0.494 e. The van der Waals surface area contributed by atoms with Crippen molar-refractivity contribution in [1.29, 1.82) is 0 Å². The molecule has 5 nitrogen and oxygen atoms in total. The van der Waals surface area contributed by atoms with E-state index in [9.17, 15) is 4.79 Å². The van der Waals surface area contributed by atoms with E-state index in [2.05, 4.69) is 44.8 Å². The molecule has 1 fully saturated rings. The van der Waals surface area contributed by atoms with Gasteiger partial charge in [-0.2, -0.15) is 0 Å². The molecule has 1 aromatic heterocycles. The van der Waals surface area contributed by atoms with Gasteiger partial charge in [0.2, 0.25) is 0 Å². The fourth-order valence-electron chi connectivity index (χ4n) is 4.41. The Kier molecular flexibility index (Phi) is 5.71. The summed E-state index contributed by atoms with van der Waals surface area (Å²) in [5.41, 5.74) is 3.24. The molecule has 0 radical (unpaired) electrons. The highest BCUT2D eigenvalue weighted by Gasteiger charge is 2.19. The molecular weight excluding hydrogens is 394 g/mol. The van der Waals surface area contributed by atoms with Crippen LogP contribution in [0.2, 0.25) is 0 Å². The molecule has 0 aliphatic carbocycles. The predicted octanol–water partition coefficient (Wildman–Crippen LogP) is 3.78. The molecular formula is C24H27N3O2S. The Hall–Kier alpha value is -2.41. The zero-order chi connectivity index (χ0) is 20.3. The Morgan fingerprint density at radius 3 is 2.83 bits per heavy atom. The number of nitrogens with one attached hydrogen (secondary N) is 1. The van der Waals surface area contributed by atoms with Gasteiger partial charge in [0.1, 0.15) is 5.75 Å². The first kappa shape index (κ1) is 19.5. The number of rotatable bonds is 6. The van der Waals surface area contributed by atoms with Crippen molar-refractivity contribution in [2.75, 3.05) is 50.8 Å². The van der Waals surface area contributed by atoms with Crippen LogP contribution in [0, 0.1) is 0 Å². The highest BCUT2D eigenvalue weighted by Crippen LogP contribution is 2.31. The largest absolute Gasteiger partial charge is 0.494 e. The summed E-state index contributed by atoms with van der Waals surface area (Å²) in [6.45, 7) is 7.21. The summed E-state index contributed by atoms with van der Waals surface area (Å²) < 4.78 is 7.30. The van der Waals surface area contributed by atoms with Crippen molar-refractivity contribution >= 4 is 32.9 Å². The van der Waals surface area contributed by atoms with E-state index < -0.39 is 0 Å². The van der Waals surface area contributed by atoms with Crippen molar-refractivity contribution in [3.05, 3.63) is 59.0 Å². The van der Waals surface area contributed by atoms with Crippen LogP contribution in [0.3, 0.4) is 0 Å². The average molecular weight is 422 g/mol. The van der Waals surface area contributed by atoms with E-state index in [1.165, 1.54) is 15.8 Å². The Morgan fingerprint density at radius 1 is 1.03 bits per heavy atom. The van der Waals surface area contributed by atoms with Crippen molar-refractivity contribution in [2.24, 2.45) is 0 Å². The molecule has 0 unspecified atom stereocenters. The van der Waals surface area contributed by atoms with Crippen LogP contribution < -0.4 is 15.0 Å². The Balaban J connectivity index is 1.08. The number of carbonyl (C=O) groups is 1. The van der Waals surface area contributed by atoms with E-state index in [4.69, 9.17) is 4.74 Å². The van der Waals surface area contributed by atoms with E-state index >= 15 is 0 Å². The molecule has 0 saturated carbocycles. The summed E-state index contributed by atoms with van der Waals surface area (Å²) in [6.07, 6.45) is 0.993. The summed E-state index contributed by atoms with van der Waals surface area (Å²) in [6, 6.07) is 14.7. The molecule has 0 spiro atoms. The van der Waals surface area contributed by atoms with Crippen LogP contribution >= 0.6 is 11.3 Å². The van der Waals surface area contributed by atoms with E-state index in [1.807, 2.05) is 29.5 Å². The second-order valence-corrected chi connectivity index (χ2v) is 8.93. The zero-order valence-corrected chi connectivity index (χ0v) is 17.9. The van der Waals surface area contributed by atoms with Gasteiger partial charge in [-0.3, -0.25) is 9.69 Å². The third-order valence-corrected chi connectivity index (χ3v) is 6.94. The number of benzene rings is 2. The van der Waals surface area contributed by atoms with Gasteiger partial charge in [-0.15, -0.1) is 11.3 Å². The molecule has 5 rings (SSSR count). The van der Waals surface area contributed by atoms with Gasteiger partial charge in [0.05, 0.1) is 13.2 Å². The maximum absolute atomic E-state index is 12.0. The monoisotopic (exact) mass is 421 g/mol. The number of nitrogens with zero attached hydrogens (tertiary/aromatic N) is 2. The molecule has 1 saturated heterocycles. The normalized spacial score (nSPS) is 17.3. The number of ketones is 1. The van der Waals surface area contributed by atoms with E-state index in [0.29, 0.717) is 13.2 Å². The van der Waals surface area contributed by atoms with E-state index in [-0.39, 0.29) is 5.78 Å². The maximum atomic E-state index is 12.0. The molecule has 2 aliphatic rings. The lowest BCUT2D eigenvalue weighted by Gasteiger charge is -2.36. The SMILES string of the molecule is O=C1CNCc2ccc(OCCCN3CCN(c4cccc5sccc45)CC3)cc21. The third-order valence-electron chi connectivity index (χ3n) is 6.06. The highest BCUT2D eigenvalue weighted by molar-refractivity contribution is 7.17. The topological polar surface area (TPSA) is 44.8 Å². The molecule has 30 heavy (non-hydrogen) atoms. The minimum atomic E-state index is 0.151. The van der Waals surface area contributed by atoms with Crippen LogP contribution in [0.15, 0.2) is 47.8 Å². The molecule has 0 bridgehead atoms. The van der Waals surface area contributed by atoms with Crippen LogP contribution in [-0.2, 0) is 6.54 Å². The molecule has 0 amide bonds. The lowest BCUT2D eigenvalue weighted by atomic mass is 10.00. The van der Waals surface area contributed by atoms with Crippen molar-refractivity contribution < 1.29 is 9.53 Å². The number of ether oxygens (including phenoxy) is 1. The average Bonchev–Trinajstić information content (AvgIpc) is 3.27. The van der Waals surface area contributed by atoms with Gasteiger partial charge in [-0.1, -0.05) is 12.1 Å². The van der Waals surface area contributed by atoms with Crippen LogP contribution in [0.5, 0.6) is 5.75 Å². The number of thiophene rings is 1. The zero-order valence-electron chi connectivity index (χ0n) is 17.1. The minimum absolute atomic E-state index is 0.151. The lowest BCUT2D eigenvalue weighted by Crippen LogP contribution is -2.46. The van der Waals surface area contributed by atoms with Crippen molar-refractivity contribution in [3.8, 4) is 5.75 Å². The summed E-state index contributed by atoms with van der Waals surface area (Å²) in [4.78, 5) is 17.1. The standard InChI is InChI=1S/C24H27N3O2S/c28-23-17-25-16-18-5-6-19(15-21(18)23)29-13-2-8-26-9-11-27(12-10-26)22-3-1-4-24-20(22)7-14-30-24/h1,3-7,14-15,25H,2,8-13,16-17H2. The second kappa shape index (κ2) is 8.76. The number of hydrogen-bond acceptors (Lipinski definition) is 6. The molecule has 2 aliphatic heterocycles. The summed E-state index contributed by atoms with van der Waals surface area (Å²) in [5, 5.41) is 6.68. The van der Waals surface area contributed by atoms with E-state index in [0.717, 1.165) is 62.6 Å². The lowest BCUT2D eigenvalue weighted by molar-refractivity contribution is 0.0981. The predicted molar refractivity (Wildman–Crippen MR) is 123 cm³/mol. The molecule has 6 heteroatoms. The second-order valence-electron chi connectivity index (χ2n) is 7.99. The van der Waals surface area contributed by atoms with Gasteiger partial charge < -0.3 is 15.0 Å². The van der Waals surface area contributed by atoms with Gasteiger partial charge in [0.25, 0.3) is 0 Å². The van der Waals surface area contributed by atoms with Crippen LogP contribution in [0.25, 0.3) is 10.1 Å². The number of anilines is 1. The number of carbonyl (C=O) groups excluding carboxylic acids is 1. The van der Waals surface area contributed by atoms with Crippen molar-refractivity contribution in [1.82, 2.24) is 10.2 Å². The quantitative estimate of drug-likeness (QED) is 0.614. The highest BCUT2D eigenvalue weighted by atomic mass is 32.1. The number of fused-ring (bicyclic) bond motifs is 2. The molecule has 3 aromatic rings. The molecule has 0 atom stereocenters. The number of Topliss-reactive ketones (excluding diaryl/α,β-unsaturated/α-hetero) is 1. The van der Waals surface area contributed by atoms with Gasteiger partial charge in [0.15, 0.2) is 5.78 Å². The molecule has 3 heterocycles. The first-order chi connectivity index (χ1) is 14.8. The van der Waals surface area contributed by atoms with Gasteiger partial charge in [-0.05, 0) is 47.7 Å². The van der Waals surface area contributed by atoms with Crippen LogP contribution in [0.1, 0.15) is 22.3 Å². The number of hydrogen-bond donors (Lipinski definition) is 1. The molecule has 2 aromatic carbocycles. The van der Waals surface area contributed by atoms with Crippen molar-refractivity contribution in [2.45, 2.75) is 13.0 Å². The first-order valence-corrected chi connectivity index (χ1v) is 11.6. The van der Waals surface area contributed by atoms with Crippen molar-refractivity contribution in [3.63, 3.8) is 0 Å². The smallest absolute Gasteiger partial charge is 0.177 e. The summed E-state index contributed by atoms with van der Waals surface area (Å²) in [5.74, 6) is 0.954. The van der Waals surface area contributed by atoms with Gasteiger partial charge in [-0.25, -0.2) is 0 Å². The Morgan fingerprint density at radius 2 is 1.93 bits per heavy atom. The van der Waals surface area contributed by atoms with Gasteiger partial charge >= 0.3 is 0 Å². The number of piperazine rings is 1. The Labute approximate surface area is 181 Å². The summed E-state index contributed by atoms with van der Waals surface area (Å²) >= 11 is 1.81. The fraction of sp³-hybridized carbons (Fsp3) is 0.375. The first-order valence-electron chi connectivity index (χ1n) is 10.7. The van der Waals surface area contributed by atoms with Crippen LogP contribution in [0.4, 0.5) is 5.69 Å². The maximum Gasteiger partial charge on any atom is 0.177 e. The third kappa shape index (κ3) is 4.08.